The number of nitrogens with zero attached hydrogens (tertiary/aromatic N) is 4. The number of anilines is 2. The lowest BCUT2D eigenvalue weighted by Gasteiger charge is -2.21. The first-order valence-corrected chi connectivity index (χ1v) is 9.15. The standard InChI is InChI=1S/C14H17FN4O5S.OS/c1-3-19(14-17-10(2)16-13(15)18-14)11-5-4-6-12(9-11)23-7-8-24-25(20,21)22;1-2/h4-6,9H,3,7-8H2,1-2H3,(H,20,21,22);. The summed E-state index contributed by atoms with van der Waals surface area (Å²) in [5.41, 5.74) is 0.653. The van der Waals surface area contributed by atoms with E-state index in [-0.39, 0.29) is 25.0 Å². The summed E-state index contributed by atoms with van der Waals surface area (Å²) in [5.74, 6) is 0.858. The number of halogens is 1. The quantitative estimate of drug-likeness (QED) is 0.490. The maximum atomic E-state index is 13.4. The molecule has 148 valence electrons. The number of ether oxygens (including phenoxy) is 1. The number of benzene rings is 1. The fraction of sp³-hybridized carbons (Fsp3) is 0.357. The van der Waals surface area contributed by atoms with Crippen molar-refractivity contribution in [1.82, 2.24) is 15.0 Å². The van der Waals surface area contributed by atoms with Gasteiger partial charge in [-0.25, -0.2) is 4.18 Å². The molecule has 10 nitrogen and oxygen atoms in total. The lowest BCUT2D eigenvalue weighted by molar-refractivity contribution is 0.202. The van der Waals surface area contributed by atoms with Crippen molar-refractivity contribution in [2.45, 2.75) is 13.8 Å². The molecule has 0 saturated carbocycles. The number of hydrogen-bond acceptors (Lipinski definition) is 10. The predicted octanol–water partition coefficient (Wildman–Crippen LogP) is 1.34. The van der Waals surface area contributed by atoms with Crippen molar-refractivity contribution >= 4 is 34.6 Å². The first-order valence-electron chi connectivity index (χ1n) is 7.45. The molecule has 1 N–H and O–H groups in total. The van der Waals surface area contributed by atoms with Gasteiger partial charge in [-0.05, 0) is 26.0 Å². The van der Waals surface area contributed by atoms with Gasteiger partial charge in [-0.1, -0.05) is 6.07 Å². The minimum absolute atomic E-state index is 0.0884. The lowest BCUT2D eigenvalue weighted by Crippen LogP contribution is -2.20. The fourth-order valence-electron chi connectivity index (χ4n) is 2.04. The second kappa shape index (κ2) is 10.7. The van der Waals surface area contributed by atoms with Crippen LogP contribution >= 0.6 is 0 Å². The van der Waals surface area contributed by atoms with E-state index >= 15 is 0 Å². The molecule has 0 spiro atoms. The molecular formula is C14H17FN4O6S2. The highest BCUT2D eigenvalue weighted by atomic mass is 32.3. The Morgan fingerprint density at radius 3 is 2.52 bits per heavy atom. The molecule has 1 heterocycles. The van der Waals surface area contributed by atoms with Crippen molar-refractivity contribution in [3.05, 3.63) is 36.2 Å². The Morgan fingerprint density at radius 2 is 1.93 bits per heavy atom. The first-order chi connectivity index (χ1) is 12.8. The first kappa shape index (κ1) is 22.7. The van der Waals surface area contributed by atoms with Crippen molar-refractivity contribution in [3.63, 3.8) is 0 Å². The highest BCUT2D eigenvalue weighted by Gasteiger charge is 2.14. The maximum Gasteiger partial charge on any atom is 0.397 e. The van der Waals surface area contributed by atoms with Gasteiger partial charge < -0.3 is 9.64 Å². The molecule has 13 heteroatoms. The summed E-state index contributed by atoms with van der Waals surface area (Å²) >= 11 is 2.83. The molecule has 2 aromatic rings. The van der Waals surface area contributed by atoms with E-state index in [1.54, 1.807) is 36.1 Å². The molecule has 0 aliphatic carbocycles. The smallest absolute Gasteiger partial charge is 0.397 e. The Bertz CT molecular complexity index is 835. The Hall–Kier alpha value is -2.35. The molecule has 0 saturated heterocycles. The summed E-state index contributed by atoms with van der Waals surface area (Å²) in [6.45, 7) is 3.47. The molecule has 0 aliphatic heterocycles. The maximum absolute atomic E-state index is 13.4. The van der Waals surface area contributed by atoms with Gasteiger partial charge in [0.05, 0.1) is 0 Å². The summed E-state index contributed by atoms with van der Waals surface area (Å²) in [7, 11) is -4.49. The molecule has 0 radical (unpaired) electrons. The van der Waals surface area contributed by atoms with E-state index in [1.165, 1.54) is 0 Å². The zero-order valence-electron chi connectivity index (χ0n) is 14.4. The summed E-state index contributed by atoms with van der Waals surface area (Å²) in [5, 5.41) is 0. The van der Waals surface area contributed by atoms with Gasteiger partial charge in [0.15, 0.2) is 12.5 Å². The number of aromatic nitrogens is 3. The van der Waals surface area contributed by atoms with Gasteiger partial charge >= 0.3 is 16.5 Å². The second-order valence-corrected chi connectivity index (χ2v) is 5.88. The van der Waals surface area contributed by atoms with Gasteiger partial charge in [-0.15, -0.1) is 0 Å². The predicted molar refractivity (Wildman–Crippen MR) is 94.8 cm³/mol. The van der Waals surface area contributed by atoms with Gasteiger partial charge in [0, 0.05) is 18.3 Å². The number of rotatable bonds is 8. The summed E-state index contributed by atoms with van der Waals surface area (Å²) in [4.78, 5) is 13.0. The van der Waals surface area contributed by atoms with Crippen LogP contribution in [0.15, 0.2) is 24.3 Å². The zero-order valence-corrected chi connectivity index (χ0v) is 16.0. The molecule has 1 aromatic carbocycles. The van der Waals surface area contributed by atoms with Crippen LogP contribution in [0.2, 0.25) is 0 Å². The molecule has 0 aliphatic rings. The van der Waals surface area contributed by atoms with Crippen LogP contribution in [-0.2, 0) is 27.1 Å². The fourth-order valence-corrected chi connectivity index (χ4v) is 2.31. The van der Waals surface area contributed by atoms with Gasteiger partial charge in [0.2, 0.25) is 5.95 Å². The monoisotopic (exact) mass is 420 g/mol. The number of hydrogen-bond donors (Lipinski definition) is 1. The van der Waals surface area contributed by atoms with Crippen LogP contribution in [0.5, 0.6) is 5.75 Å². The average molecular weight is 420 g/mol. The van der Waals surface area contributed by atoms with E-state index in [1.807, 2.05) is 6.92 Å². The Balaban J connectivity index is 0.00000176. The topological polar surface area (TPSA) is 132 Å². The molecule has 0 bridgehead atoms. The Morgan fingerprint density at radius 1 is 1.22 bits per heavy atom. The number of aryl methyl sites for hydroxylation is 1. The molecular weight excluding hydrogens is 403 g/mol. The van der Waals surface area contributed by atoms with Gasteiger partial charge in [0.25, 0.3) is 0 Å². The molecule has 27 heavy (non-hydrogen) atoms. The van der Waals surface area contributed by atoms with E-state index in [0.29, 0.717) is 18.0 Å². The molecule has 0 fully saturated rings. The van der Waals surface area contributed by atoms with Gasteiger partial charge in [-0.2, -0.15) is 32.0 Å². The molecule has 2 rings (SSSR count). The highest BCUT2D eigenvalue weighted by molar-refractivity contribution is 7.80. The van der Waals surface area contributed by atoms with Crippen LogP contribution in [-0.4, -0.2) is 51.9 Å². The van der Waals surface area contributed by atoms with E-state index < -0.39 is 16.5 Å². The Kier molecular flexibility index (Phi) is 9.00. The van der Waals surface area contributed by atoms with E-state index in [4.69, 9.17) is 13.5 Å². The summed E-state index contributed by atoms with van der Waals surface area (Å²) < 4.78 is 60.2. The highest BCUT2D eigenvalue weighted by Crippen LogP contribution is 2.25. The van der Waals surface area contributed by atoms with Crippen LogP contribution in [0, 0.1) is 13.0 Å². The third-order valence-corrected chi connectivity index (χ3v) is 3.44. The minimum Gasteiger partial charge on any atom is -0.491 e. The van der Waals surface area contributed by atoms with Crippen LogP contribution in [0.4, 0.5) is 16.0 Å². The molecule has 0 atom stereocenters. The van der Waals surface area contributed by atoms with Crippen molar-refractivity contribution in [1.29, 1.82) is 0 Å². The third kappa shape index (κ3) is 7.82. The summed E-state index contributed by atoms with van der Waals surface area (Å²) in [6, 6.07) is 6.79. The van der Waals surface area contributed by atoms with Crippen LogP contribution < -0.4 is 9.64 Å². The molecule has 0 unspecified atom stereocenters. The molecule has 0 amide bonds. The van der Waals surface area contributed by atoms with Crippen molar-refractivity contribution in [2.75, 3.05) is 24.7 Å². The van der Waals surface area contributed by atoms with Crippen molar-refractivity contribution in [3.8, 4) is 5.75 Å². The van der Waals surface area contributed by atoms with Crippen molar-refractivity contribution in [2.24, 2.45) is 0 Å². The normalized spacial score (nSPS) is 10.7. The minimum atomic E-state index is -4.49. The van der Waals surface area contributed by atoms with E-state index in [9.17, 15) is 12.8 Å². The lowest BCUT2D eigenvalue weighted by atomic mass is 10.2. The van der Waals surface area contributed by atoms with Gasteiger partial charge in [-0.3, -0.25) is 4.55 Å². The zero-order chi connectivity index (χ0) is 20.4. The summed E-state index contributed by atoms with van der Waals surface area (Å²) in [6.07, 6.45) is -0.865. The average Bonchev–Trinajstić information content (AvgIpc) is 2.60. The second-order valence-electron chi connectivity index (χ2n) is 4.79. The molecule has 1 aromatic heterocycles. The Labute approximate surface area is 160 Å². The third-order valence-electron chi connectivity index (χ3n) is 2.98. The van der Waals surface area contributed by atoms with Crippen molar-refractivity contribution < 1.29 is 30.5 Å². The van der Waals surface area contributed by atoms with Crippen LogP contribution in [0.1, 0.15) is 12.7 Å². The van der Waals surface area contributed by atoms with E-state index in [2.05, 4.69) is 31.7 Å². The van der Waals surface area contributed by atoms with Crippen LogP contribution in [0.3, 0.4) is 0 Å². The van der Waals surface area contributed by atoms with Crippen LogP contribution in [0.25, 0.3) is 0 Å². The van der Waals surface area contributed by atoms with Gasteiger partial charge in [0.1, 0.15) is 24.8 Å². The largest absolute Gasteiger partial charge is 0.491 e. The SMILES string of the molecule is CCN(c1cccc(OCCOS(=O)(=O)O)c1)c1nc(C)nc(F)n1.O=S. The van der Waals surface area contributed by atoms with E-state index in [0.717, 1.165) is 0 Å².